The van der Waals surface area contributed by atoms with Crippen molar-refractivity contribution < 1.29 is 43.2 Å². The van der Waals surface area contributed by atoms with Crippen LogP contribution in [0, 0.1) is 0 Å². The summed E-state index contributed by atoms with van der Waals surface area (Å²) in [6.45, 7) is 3.40. The fraction of sp³-hybridized carbons (Fsp3) is 0.741. The zero-order valence-corrected chi connectivity index (χ0v) is 23.8. The third kappa shape index (κ3) is 14.7. The van der Waals surface area contributed by atoms with E-state index in [4.69, 9.17) is 4.84 Å². The molecule has 0 spiro atoms. The summed E-state index contributed by atoms with van der Waals surface area (Å²) in [5.41, 5.74) is 0. The first-order valence-corrected chi connectivity index (χ1v) is 14.2. The highest BCUT2D eigenvalue weighted by Crippen LogP contribution is 2.13. The van der Waals surface area contributed by atoms with Crippen LogP contribution in [0.5, 0.6) is 0 Å². The van der Waals surface area contributed by atoms with E-state index in [1.165, 1.54) is 20.0 Å². The first-order valence-electron chi connectivity index (χ1n) is 14.2. The average molecular weight is 569 g/mol. The lowest BCUT2D eigenvalue weighted by atomic mass is 10.1. The number of unbranched alkanes of at least 4 members (excludes halogenated alkanes) is 6. The summed E-state index contributed by atoms with van der Waals surface area (Å²) in [6.07, 6.45) is 9.59. The summed E-state index contributed by atoms with van der Waals surface area (Å²) >= 11 is 0. The highest BCUT2D eigenvalue weighted by molar-refractivity contribution is 6.01. The topological polar surface area (TPSA) is 168 Å². The van der Waals surface area contributed by atoms with Crippen LogP contribution in [-0.4, -0.2) is 71.7 Å². The Morgan fingerprint density at radius 2 is 1.05 bits per heavy atom. The van der Waals surface area contributed by atoms with Gasteiger partial charge in [0.25, 0.3) is 23.6 Å². The van der Waals surface area contributed by atoms with Crippen molar-refractivity contribution in [3.63, 3.8) is 0 Å². The number of hydroxylamine groups is 4. The first kappa shape index (κ1) is 34.7. The highest BCUT2D eigenvalue weighted by Gasteiger charge is 2.32. The van der Waals surface area contributed by atoms with E-state index >= 15 is 0 Å². The van der Waals surface area contributed by atoms with Crippen molar-refractivity contribution in [1.82, 2.24) is 20.8 Å². The fourth-order valence-corrected chi connectivity index (χ4v) is 3.89. The molecule has 2 heterocycles. The number of hydrogen-bond donors (Lipinski definition) is 2. The fourth-order valence-electron chi connectivity index (χ4n) is 3.89. The van der Waals surface area contributed by atoms with E-state index in [0.717, 1.165) is 37.3 Å². The minimum atomic E-state index is -0.599. The van der Waals surface area contributed by atoms with Gasteiger partial charge in [0.2, 0.25) is 11.8 Å². The second kappa shape index (κ2) is 20.5. The second-order valence-electron chi connectivity index (χ2n) is 9.59. The molecule has 2 N–H and O–H groups in total. The lowest BCUT2D eigenvalue weighted by molar-refractivity contribution is -0.197. The van der Waals surface area contributed by atoms with Crippen molar-refractivity contribution >= 4 is 41.4 Å². The van der Waals surface area contributed by atoms with E-state index in [9.17, 15) is 33.6 Å². The van der Waals surface area contributed by atoms with Gasteiger partial charge >= 0.3 is 5.97 Å². The van der Waals surface area contributed by atoms with E-state index in [-0.39, 0.29) is 55.7 Å². The monoisotopic (exact) mass is 568 g/mol. The van der Waals surface area contributed by atoms with Crippen LogP contribution in [-0.2, 0) is 43.2 Å². The molecule has 13 heteroatoms. The van der Waals surface area contributed by atoms with Gasteiger partial charge in [-0.2, -0.15) is 5.06 Å². The Hall–Kier alpha value is -3.35. The van der Waals surface area contributed by atoms with Gasteiger partial charge in [0, 0.05) is 58.0 Å². The van der Waals surface area contributed by atoms with Crippen LogP contribution in [0.2, 0.25) is 0 Å². The normalized spacial score (nSPS) is 14.8. The van der Waals surface area contributed by atoms with Crippen LogP contribution in [0.25, 0.3) is 0 Å². The molecule has 2 saturated heterocycles. The van der Waals surface area contributed by atoms with Crippen molar-refractivity contribution in [2.75, 3.05) is 20.2 Å². The molecule has 6 amide bonds. The molecule has 0 aromatic carbocycles. The predicted octanol–water partition coefficient (Wildman–Crippen LogP) is 2.22. The van der Waals surface area contributed by atoms with Gasteiger partial charge in [-0.1, -0.05) is 32.6 Å². The quantitative estimate of drug-likeness (QED) is 0.186. The summed E-state index contributed by atoms with van der Waals surface area (Å²) in [6, 6.07) is 0. The zero-order chi connectivity index (χ0) is 29.8. The van der Waals surface area contributed by atoms with Gasteiger partial charge in [0.1, 0.15) is 0 Å². The van der Waals surface area contributed by atoms with E-state index in [1.54, 1.807) is 0 Å². The molecule has 0 bridgehead atoms. The van der Waals surface area contributed by atoms with Crippen molar-refractivity contribution in [2.24, 2.45) is 0 Å². The molecule has 0 radical (unpaired) electrons. The third-order valence-electron chi connectivity index (χ3n) is 6.18. The van der Waals surface area contributed by atoms with E-state index in [1.807, 2.05) is 0 Å². The van der Waals surface area contributed by atoms with Gasteiger partial charge < -0.3 is 15.5 Å². The second-order valence-corrected chi connectivity index (χ2v) is 9.59. The first-order chi connectivity index (χ1) is 19.2. The molecule has 2 fully saturated rings. The number of imide groups is 2. The predicted molar refractivity (Wildman–Crippen MR) is 142 cm³/mol. The largest absolute Gasteiger partial charge is 0.356 e. The minimum Gasteiger partial charge on any atom is -0.356 e. The number of nitrogens with one attached hydrogen (secondary N) is 2. The Bertz CT molecular complexity index is 846. The lowest BCUT2D eigenvalue weighted by Gasteiger charge is -2.12. The number of rotatable bonds is 18. The molecule has 0 aromatic heterocycles. The molecule has 0 atom stereocenters. The van der Waals surface area contributed by atoms with Gasteiger partial charge in [-0.25, -0.2) is 4.79 Å². The van der Waals surface area contributed by atoms with Crippen molar-refractivity contribution in [3.8, 4) is 0 Å². The summed E-state index contributed by atoms with van der Waals surface area (Å²) in [4.78, 5) is 88.3. The maximum absolute atomic E-state index is 11.8. The SMILES string of the molecule is CCCCCCNC(=O)CCCCC(=O)NCCCCCC(=O)ON1C(=O)CCC1=O.CON1C(=O)CCC1=O. The van der Waals surface area contributed by atoms with E-state index in [2.05, 4.69) is 22.4 Å². The Kier molecular flexibility index (Phi) is 17.8. The third-order valence-corrected chi connectivity index (χ3v) is 6.18. The molecule has 0 aromatic rings. The van der Waals surface area contributed by atoms with Gasteiger partial charge in [-0.15, -0.1) is 5.06 Å². The number of hydrogen-bond acceptors (Lipinski definition) is 9. The van der Waals surface area contributed by atoms with E-state index in [0.29, 0.717) is 43.7 Å². The summed E-state index contributed by atoms with van der Waals surface area (Å²) in [7, 11) is 1.31. The molecular formula is C27H44N4O9. The molecule has 13 nitrogen and oxygen atoms in total. The summed E-state index contributed by atoms with van der Waals surface area (Å²) in [5, 5.41) is 7.08. The zero-order valence-electron chi connectivity index (χ0n) is 23.8. The Labute approximate surface area is 235 Å². The minimum absolute atomic E-state index is 0.0366. The Morgan fingerprint density at radius 3 is 1.48 bits per heavy atom. The molecule has 0 aliphatic carbocycles. The van der Waals surface area contributed by atoms with Crippen LogP contribution in [0.1, 0.15) is 110 Å². The highest BCUT2D eigenvalue weighted by atomic mass is 16.7. The molecule has 2 rings (SSSR count). The van der Waals surface area contributed by atoms with Crippen molar-refractivity contribution in [2.45, 2.75) is 110 Å². The van der Waals surface area contributed by atoms with Crippen LogP contribution >= 0.6 is 0 Å². The van der Waals surface area contributed by atoms with Gasteiger partial charge in [0.15, 0.2) is 0 Å². The van der Waals surface area contributed by atoms with Crippen LogP contribution in [0.3, 0.4) is 0 Å². The number of carbonyl (C=O) groups excluding carboxylic acids is 7. The molecule has 0 saturated carbocycles. The maximum atomic E-state index is 11.8. The Morgan fingerprint density at radius 1 is 0.625 bits per heavy atom. The van der Waals surface area contributed by atoms with Gasteiger partial charge in [-0.05, 0) is 32.1 Å². The molecule has 0 unspecified atom stereocenters. The lowest BCUT2D eigenvalue weighted by Crippen LogP contribution is -2.31. The van der Waals surface area contributed by atoms with E-state index < -0.39 is 17.8 Å². The molecule has 2 aliphatic heterocycles. The van der Waals surface area contributed by atoms with Crippen LogP contribution in [0.15, 0.2) is 0 Å². The Balaban J connectivity index is 0.000000747. The smallest absolute Gasteiger partial charge is 0.333 e. The molecule has 2 aliphatic rings. The molecule has 226 valence electrons. The van der Waals surface area contributed by atoms with Crippen LogP contribution < -0.4 is 10.6 Å². The standard InChI is InChI=1S/C22H37N3O6.C5H7NO3/c1-2-3-4-9-16-23-18(26)11-7-8-12-19(27)24-17-10-5-6-13-22(30)31-25-20(28)14-15-21(25)29;1-9-6-4(7)2-3-5(6)8/h2-17H2,1H3,(H,23,26)(H,24,27);2-3H2,1H3. The molecular weight excluding hydrogens is 524 g/mol. The van der Waals surface area contributed by atoms with Crippen molar-refractivity contribution in [3.05, 3.63) is 0 Å². The van der Waals surface area contributed by atoms with Gasteiger partial charge in [0.05, 0.1) is 7.11 Å². The summed E-state index contributed by atoms with van der Waals surface area (Å²) < 4.78 is 0. The number of carbonyl (C=O) groups is 7. The maximum Gasteiger partial charge on any atom is 0.333 e. The van der Waals surface area contributed by atoms with Gasteiger partial charge in [-0.3, -0.25) is 33.6 Å². The summed E-state index contributed by atoms with van der Waals surface area (Å²) in [5.74, 6) is -2.05. The molecule has 40 heavy (non-hydrogen) atoms. The number of nitrogens with zero attached hydrogens (tertiary/aromatic N) is 2. The van der Waals surface area contributed by atoms with Crippen molar-refractivity contribution in [1.29, 1.82) is 0 Å². The number of amides is 6. The van der Waals surface area contributed by atoms with Crippen LogP contribution in [0.4, 0.5) is 0 Å². The average Bonchev–Trinajstić information content (AvgIpc) is 3.43.